The molecule has 1 unspecified atom stereocenters. The molecule has 20 heavy (non-hydrogen) atoms. The summed E-state index contributed by atoms with van der Waals surface area (Å²) in [5.41, 5.74) is 2.19. The van der Waals surface area contributed by atoms with Crippen LogP contribution in [0.25, 0.3) is 0 Å². The average molecular weight is 380 g/mol. The van der Waals surface area contributed by atoms with Crippen LogP contribution in [-0.2, 0) is 11.3 Å². The van der Waals surface area contributed by atoms with Crippen LogP contribution in [0, 0.1) is 3.57 Å². The summed E-state index contributed by atoms with van der Waals surface area (Å²) in [6.07, 6.45) is 3.59. The molecule has 4 heteroatoms. The number of hydrogen-bond acceptors (Lipinski definition) is 3. The highest BCUT2D eigenvalue weighted by Gasteiger charge is 2.16. The second kappa shape index (κ2) is 7.50. The molecular weight excluding hydrogens is 363 g/mol. The molecule has 0 spiro atoms. The topological polar surface area (TPSA) is 42.0 Å². The van der Waals surface area contributed by atoms with Gasteiger partial charge in [0.05, 0.1) is 5.92 Å². The van der Waals surface area contributed by atoms with Gasteiger partial charge in [-0.2, -0.15) is 0 Å². The molecular formula is C16H17IN2O. The quantitative estimate of drug-likeness (QED) is 0.783. The minimum absolute atomic E-state index is 0.0938. The zero-order valence-electron chi connectivity index (χ0n) is 11.3. The molecule has 1 aromatic heterocycles. The van der Waals surface area contributed by atoms with Gasteiger partial charge in [-0.3, -0.25) is 9.78 Å². The third-order valence-electron chi connectivity index (χ3n) is 3.16. The zero-order chi connectivity index (χ0) is 14.4. The van der Waals surface area contributed by atoms with Crippen LogP contribution >= 0.6 is 22.6 Å². The number of nitrogens with zero attached hydrogens (tertiary/aromatic N) is 1. The van der Waals surface area contributed by atoms with Crippen molar-refractivity contribution in [2.45, 2.75) is 19.4 Å². The Kier molecular flexibility index (Phi) is 5.67. The van der Waals surface area contributed by atoms with Crippen molar-refractivity contribution in [3.63, 3.8) is 0 Å². The molecule has 1 heterocycles. The number of carbonyl (C=O) groups is 1. The number of aromatic nitrogens is 1. The Hall–Kier alpha value is -1.27. The Morgan fingerprint density at radius 2 is 2.05 bits per heavy atom. The normalized spacial score (nSPS) is 12.1. The van der Waals surface area contributed by atoms with Gasteiger partial charge < -0.3 is 5.32 Å². The predicted octanol–water partition coefficient (Wildman–Crippen LogP) is 3.15. The van der Waals surface area contributed by atoms with E-state index in [1.54, 1.807) is 13.1 Å². The molecule has 1 aromatic carbocycles. The van der Waals surface area contributed by atoms with Crippen molar-refractivity contribution in [1.82, 2.24) is 10.3 Å². The molecule has 1 atom stereocenters. The van der Waals surface area contributed by atoms with Gasteiger partial charge in [0.25, 0.3) is 0 Å². The molecule has 0 aliphatic heterocycles. The highest BCUT2D eigenvalue weighted by Crippen LogP contribution is 2.18. The first-order valence-corrected chi connectivity index (χ1v) is 7.60. The first-order chi connectivity index (χ1) is 9.66. The fourth-order valence-electron chi connectivity index (χ4n) is 2.05. The van der Waals surface area contributed by atoms with Gasteiger partial charge in [-0.15, -0.1) is 0 Å². The van der Waals surface area contributed by atoms with E-state index in [9.17, 15) is 4.79 Å². The van der Waals surface area contributed by atoms with Gasteiger partial charge in [0.1, 0.15) is 5.78 Å². The van der Waals surface area contributed by atoms with E-state index >= 15 is 0 Å². The van der Waals surface area contributed by atoms with Gasteiger partial charge in [-0.25, -0.2) is 0 Å². The highest BCUT2D eigenvalue weighted by atomic mass is 127. The average Bonchev–Trinajstić information content (AvgIpc) is 2.46. The number of hydrogen-bond donors (Lipinski definition) is 1. The monoisotopic (exact) mass is 380 g/mol. The lowest BCUT2D eigenvalue weighted by Crippen LogP contribution is -2.25. The molecule has 0 saturated heterocycles. The van der Waals surface area contributed by atoms with E-state index < -0.39 is 0 Å². The van der Waals surface area contributed by atoms with E-state index in [-0.39, 0.29) is 11.7 Å². The summed E-state index contributed by atoms with van der Waals surface area (Å²) in [4.78, 5) is 15.9. The molecule has 3 nitrogen and oxygen atoms in total. The maximum Gasteiger partial charge on any atom is 0.138 e. The first-order valence-electron chi connectivity index (χ1n) is 6.52. The van der Waals surface area contributed by atoms with E-state index in [4.69, 9.17) is 0 Å². The van der Waals surface area contributed by atoms with Crippen LogP contribution in [0.3, 0.4) is 0 Å². The Bertz CT molecular complexity index is 554. The predicted molar refractivity (Wildman–Crippen MR) is 88.5 cm³/mol. The minimum atomic E-state index is -0.0938. The van der Waals surface area contributed by atoms with Crippen molar-refractivity contribution >= 4 is 28.4 Å². The van der Waals surface area contributed by atoms with E-state index in [1.807, 2.05) is 42.6 Å². The van der Waals surface area contributed by atoms with Gasteiger partial charge in [0, 0.05) is 29.1 Å². The Morgan fingerprint density at radius 3 is 2.65 bits per heavy atom. The van der Waals surface area contributed by atoms with Gasteiger partial charge >= 0.3 is 0 Å². The van der Waals surface area contributed by atoms with Crippen molar-refractivity contribution < 1.29 is 4.79 Å². The van der Waals surface area contributed by atoms with Gasteiger partial charge in [0.15, 0.2) is 0 Å². The zero-order valence-corrected chi connectivity index (χ0v) is 13.5. The van der Waals surface area contributed by atoms with Gasteiger partial charge in [-0.1, -0.05) is 18.2 Å². The molecule has 0 fully saturated rings. The summed E-state index contributed by atoms with van der Waals surface area (Å²) in [7, 11) is 0. The molecule has 2 rings (SSSR count). The highest BCUT2D eigenvalue weighted by molar-refractivity contribution is 14.1. The van der Waals surface area contributed by atoms with Crippen LogP contribution in [0.4, 0.5) is 0 Å². The summed E-state index contributed by atoms with van der Waals surface area (Å²) in [5, 5.41) is 3.33. The maximum absolute atomic E-state index is 11.8. The number of ketones is 1. The minimum Gasteiger partial charge on any atom is -0.312 e. The Balaban J connectivity index is 1.96. The number of nitrogens with one attached hydrogen (secondary N) is 1. The van der Waals surface area contributed by atoms with Crippen LogP contribution < -0.4 is 5.32 Å². The largest absolute Gasteiger partial charge is 0.312 e. The van der Waals surface area contributed by atoms with Crippen molar-refractivity contribution in [3.8, 4) is 0 Å². The molecule has 0 aliphatic rings. The van der Waals surface area contributed by atoms with E-state index in [0.29, 0.717) is 6.54 Å². The molecule has 104 valence electrons. The van der Waals surface area contributed by atoms with E-state index in [2.05, 4.69) is 32.9 Å². The SMILES string of the molecule is CC(=O)C(CNCc1cccnc1)c1ccc(I)cc1. The molecule has 0 radical (unpaired) electrons. The van der Waals surface area contributed by atoms with Crippen LogP contribution in [0.2, 0.25) is 0 Å². The summed E-state index contributed by atoms with van der Waals surface area (Å²) < 4.78 is 1.18. The summed E-state index contributed by atoms with van der Waals surface area (Å²) in [6.45, 7) is 3.02. The molecule has 0 saturated carbocycles. The first kappa shape index (κ1) is 15.1. The molecule has 0 bridgehead atoms. The van der Waals surface area contributed by atoms with Crippen molar-refractivity contribution in [3.05, 3.63) is 63.5 Å². The number of benzene rings is 1. The second-order valence-corrected chi connectivity index (χ2v) is 5.95. The van der Waals surface area contributed by atoms with Crippen LogP contribution in [0.1, 0.15) is 24.0 Å². The van der Waals surface area contributed by atoms with Crippen LogP contribution in [0.15, 0.2) is 48.8 Å². The third kappa shape index (κ3) is 4.38. The summed E-state index contributed by atoms with van der Waals surface area (Å²) in [5.74, 6) is 0.0913. The van der Waals surface area contributed by atoms with E-state index in [1.165, 1.54) is 3.57 Å². The van der Waals surface area contributed by atoms with Crippen LogP contribution in [-0.4, -0.2) is 17.3 Å². The smallest absolute Gasteiger partial charge is 0.138 e. The lowest BCUT2D eigenvalue weighted by Gasteiger charge is -2.15. The molecule has 2 aromatic rings. The van der Waals surface area contributed by atoms with Crippen molar-refractivity contribution in [2.24, 2.45) is 0 Å². The Labute approximate surface area is 133 Å². The number of rotatable bonds is 6. The summed E-state index contributed by atoms with van der Waals surface area (Å²) >= 11 is 2.27. The lowest BCUT2D eigenvalue weighted by molar-refractivity contribution is -0.118. The Morgan fingerprint density at radius 1 is 1.30 bits per heavy atom. The van der Waals surface area contributed by atoms with Crippen LogP contribution in [0.5, 0.6) is 0 Å². The molecule has 1 N–H and O–H groups in total. The number of halogens is 1. The van der Waals surface area contributed by atoms with Crippen molar-refractivity contribution in [1.29, 1.82) is 0 Å². The van der Waals surface area contributed by atoms with Gasteiger partial charge in [-0.05, 0) is 58.8 Å². The second-order valence-electron chi connectivity index (χ2n) is 4.71. The third-order valence-corrected chi connectivity index (χ3v) is 3.88. The van der Waals surface area contributed by atoms with Crippen molar-refractivity contribution in [2.75, 3.05) is 6.54 Å². The molecule has 0 aliphatic carbocycles. The molecule has 0 amide bonds. The fraction of sp³-hybridized carbons (Fsp3) is 0.250. The summed E-state index contributed by atoms with van der Waals surface area (Å²) in [6, 6.07) is 12.1. The fourth-order valence-corrected chi connectivity index (χ4v) is 2.41. The number of Topliss-reactive ketones (excluding diaryl/α,β-unsaturated/α-hetero) is 1. The van der Waals surface area contributed by atoms with E-state index in [0.717, 1.165) is 17.7 Å². The number of pyridine rings is 1. The standard InChI is InChI=1S/C16H17IN2O/c1-12(20)16(14-4-6-15(17)7-5-14)11-19-10-13-3-2-8-18-9-13/h2-9,16,19H,10-11H2,1H3. The van der Waals surface area contributed by atoms with Gasteiger partial charge in [0.2, 0.25) is 0 Å². The maximum atomic E-state index is 11.8. The number of carbonyl (C=O) groups excluding carboxylic acids is 1. The lowest BCUT2D eigenvalue weighted by atomic mass is 9.95.